The van der Waals surface area contributed by atoms with Crippen LogP contribution in [0, 0.1) is 11.8 Å². The number of nitrogens with zero attached hydrogens (tertiary/aromatic N) is 1. The van der Waals surface area contributed by atoms with Gasteiger partial charge in [0.05, 0.1) is 6.10 Å². The molecule has 0 spiro atoms. The van der Waals surface area contributed by atoms with Crippen molar-refractivity contribution >= 4 is 0 Å². The topological polar surface area (TPSA) is 24.5 Å². The highest BCUT2D eigenvalue weighted by atomic mass is 16.5. The monoisotopic (exact) mass is 254 g/mol. The molecule has 0 aromatic heterocycles. The molecule has 3 unspecified atom stereocenters. The van der Waals surface area contributed by atoms with Crippen LogP contribution in [0.5, 0.6) is 0 Å². The number of rotatable bonds is 6. The van der Waals surface area contributed by atoms with Gasteiger partial charge in [-0.3, -0.25) is 4.90 Å². The minimum Gasteiger partial charge on any atom is -0.377 e. The van der Waals surface area contributed by atoms with Crippen molar-refractivity contribution in [3.8, 4) is 0 Å². The predicted octanol–water partition coefficient (Wildman–Crippen LogP) is 2.12. The smallest absolute Gasteiger partial charge is 0.0700 e. The van der Waals surface area contributed by atoms with Crippen LogP contribution in [0.3, 0.4) is 0 Å². The van der Waals surface area contributed by atoms with Gasteiger partial charge in [-0.15, -0.1) is 0 Å². The number of hydrogen-bond donors (Lipinski definition) is 1. The Balaban J connectivity index is 1.61. The van der Waals surface area contributed by atoms with Crippen molar-refractivity contribution in [1.29, 1.82) is 0 Å². The van der Waals surface area contributed by atoms with E-state index in [9.17, 15) is 0 Å². The van der Waals surface area contributed by atoms with E-state index in [4.69, 9.17) is 4.74 Å². The van der Waals surface area contributed by atoms with Crippen LogP contribution in [0.15, 0.2) is 0 Å². The molecule has 2 saturated heterocycles. The van der Waals surface area contributed by atoms with Gasteiger partial charge in [-0.1, -0.05) is 13.8 Å². The van der Waals surface area contributed by atoms with Gasteiger partial charge in [0.1, 0.15) is 0 Å². The molecule has 0 amide bonds. The lowest BCUT2D eigenvalue weighted by molar-refractivity contribution is 0.108. The van der Waals surface area contributed by atoms with Gasteiger partial charge in [0.15, 0.2) is 0 Å². The minimum atomic E-state index is 0.471. The Kier molecular flexibility index (Phi) is 5.46. The SMILES string of the molecule is CC(C)C1CCN(C(C)CNCC2CCCO2)C1. The van der Waals surface area contributed by atoms with E-state index >= 15 is 0 Å². The summed E-state index contributed by atoms with van der Waals surface area (Å²) in [5.74, 6) is 1.74. The molecule has 0 radical (unpaired) electrons. The second kappa shape index (κ2) is 6.88. The van der Waals surface area contributed by atoms with Crippen molar-refractivity contribution in [2.45, 2.75) is 52.2 Å². The van der Waals surface area contributed by atoms with Crippen LogP contribution >= 0.6 is 0 Å². The van der Waals surface area contributed by atoms with Crippen molar-refractivity contribution in [2.75, 3.05) is 32.8 Å². The summed E-state index contributed by atoms with van der Waals surface area (Å²) in [6, 6.07) is 0.662. The maximum Gasteiger partial charge on any atom is 0.0700 e. The summed E-state index contributed by atoms with van der Waals surface area (Å²) < 4.78 is 5.63. The third kappa shape index (κ3) is 3.94. The molecule has 0 aromatic rings. The van der Waals surface area contributed by atoms with Crippen molar-refractivity contribution < 1.29 is 4.74 Å². The number of nitrogens with one attached hydrogen (secondary N) is 1. The van der Waals surface area contributed by atoms with Crippen LogP contribution in [0.25, 0.3) is 0 Å². The second-order valence-corrected chi connectivity index (χ2v) is 6.43. The Hall–Kier alpha value is -0.120. The van der Waals surface area contributed by atoms with Crippen LogP contribution in [0.1, 0.15) is 40.0 Å². The lowest BCUT2D eigenvalue weighted by atomic mass is 9.95. The molecule has 2 fully saturated rings. The highest BCUT2D eigenvalue weighted by Crippen LogP contribution is 2.24. The molecular formula is C15H30N2O. The molecule has 106 valence electrons. The zero-order valence-corrected chi connectivity index (χ0v) is 12.3. The Morgan fingerprint density at radius 2 is 2.11 bits per heavy atom. The Morgan fingerprint density at radius 3 is 2.72 bits per heavy atom. The van der Waals surface area contributed by atoms with Crippen molar-refractivity contribution in [1.82, 2.24) is 10.2 Å². The fourth-order valence-corrected chi connectivity index (χ4v) is 3.15. The van der Waals surface area contributed by atoms with Crippen LogP contribution in [-0.2, 0) is 4.74 Å². The first kappa shape index (κ1) is 14.3. The van der Waals surface area contributed by atoms with Crippen LogP contribution in [0.2, 0.25) is 0 Å². The Labute approximate surface area is 112 Å². The van der Waals surface area contributed by atoms with Gasteiger partial charge in [0, 0.05) is 32.3 Å². The largest absolute Gasteiger partial charge is 0.377 e. The summed E-state index contributed by atoms with van der Waals surface area (Å²) in [7, 11) is 0. The first-order valence-corrected chi connectivity index (χ1v) is 7.73. The highest BCUT2D eigenvalue weighted by molar-refractivity contribution is 4.82. The Bertz CT molecular complexity index is 239. The van der Waals surface area contributed by atoms with Crippen LogP contribution in [-0.4, -0.2) is 49.8 Å². The molecule has 2 rings (SSSR count). The fraction of sp³-hybridized carbons (Fsp3) is 1.00. The summed E-state index contributed by atoms with van der Waals surface area (Å²) in [6.07, 6.45) is 4.33. The van der Waals surface area contributed by atoms with Crippen molar-refractivity contribution in [3.63, 3.8) is 0 Å². The van der Waals surface area contributed by atoms with Gasteiger partial charge in [-0.05, 0) is 44.6 Å². The summed E-state index contributed by atoms with van der Waals surface area (Å²) in [6.45, 7) is 12.7. The molecule has 1 N–H and O–H groups in total. The van der Waals surface area contributed by atoms with Crippen LogP contribution < -0.4 is 5.32 Å². The average molecular weight is 254 g/mol. The van der Waals surface area contributed by atoms with E-state index in [-0.39, 0.29) is 0 Å². The van der Waals surface area contributed by atoms with Gasteiger partial charge in [0.2, 0.25) is 0 Å². The summed E-state index contributed by atoms with van der Waals surface area (Å²) in [4.78, 5) is 2.65. The molecule has 2 aliphatic rings. The number of ether oxygens (including phenoxy) is 1. The molecule has 2 heterocycles. The van der Waals surface area contributed by atoms with Gasteiger partial charge in [0.25, 0.3) is 0 Å². The second-order valence-electron chi connectivity index (χ2n) is 6.43. The lowest BCUT2D eigenvalue weighted by Crippen LogP contribution is -2.41. The molecule has 0 saturated carbocycles. The third-order valence-corrected chi connectivity index (χ3v) is 4.66. The fourth-order valence-electron chi connectivity index (χ4n) is 3.15. The first-order valence-electron chi connectivity index (χ1n) is 7.73. The molecule has 2 aliphatic heterocycles. The normalized spacial score (nSPS) is 31.3. The zero-order chi connectivity index (χ0) is 13.0. The average Bonchev–Trinajstić information content (AvgIpc) is 2.99. The van der Waals surface area contributed by atoms with E-state index in [0.717, 1.165) is 31.5 Å². The third-order valence-electron chi connectivity index (χ3n) is 4.66. The van der Waals surface area contributed by atoms with E-state index in [1.165, 1.54) is 32.4 Å². The van der Waals surface area contributed by atoms with E-state index in [1.807, 2.05) is 0 Å². The molecule has 3 nitrogen and oxygen atoms in total. The van der Waals surface area contributed by atoms with Crippen LogP contribution in [0.4, 0.5) is 0 Å². The molecule has 0 bridgehead atoms. The quantitative estimate of drug-likeness (QED) is 0.786. The highest BCUT2D eigenvalue weighted by Gasteiger charge is 2.27. The molecule has 0 aliphatic carbocycles. The van der Waals surface area contributed by atoms with E-state index in [0.29, 0.717) is 12.1 Å². The standard InChI is InChI=1S/C15H30N2O/c1-12(2)14-6-7-17(11-14)13(3)9-16-10-15-5-4-8-18-15/h12-16H,4-11H2,1-3H3. The van der Waals surface area contributed by atoms with Crippen molar-refractivity contribution in [2.24, 2.45) is 11.8 Å². The predicted molar refractivity (Wildman–Crippen MR) is 75.8 cm³/mol. The molecule has 18 heavy (non-hydrogen) atoms. The molecule has 3 atom stereocenters. The minimum absolute atomic E-state index is 0.471. The summed E-state index contributed by atoms with van der Waals surface area (Å²) in [5, 5.41) is 3.58. The lowest BCUT2D eigenvalue weighted by Gasteiger charge is -2.26. The van der Waals surface area contributed by atoms with E-state index < -0.39 is 0 Å². The summed E-state index contributed by atoms with van der Waals surface area (Å²) >= 11 is 0. The van der Waals surface area contributed by atoms with Gasteiger partial charge in [-0.25, -0.2) is 0 Å². The van der Waals surface area contributed by atoms with Gasteiger partial charge >= 0.3 is 0 Å². The van der Waals surface area contributed by atoms with E-state index in [2.05, 4.69) is 31.0 Å². The molecule has 3 heteroatoms. The van der Waals surface area contributed by atoms with Gasteiger partial charge < -0.3 is 10.1 Å². The first-order chi connectivity index (χ1) is 8.66. The maximum absolute atomic E-state index is 5.63. The number of likely N-dealkylation sites (tertiary alicyclic amines) is 1. The summed E-state index contributed by atoms with van der Waals surface area (Å²) in [5.41, 5.74) is 0. The molecule has 0 aromatic carbocycles. The maximum atomic E-state index is 5.63. The Morgan fingerprint density at radius 1 is 1.28 bits per heavy atom. The van der Waals surface area contributed by atoms with Gasteiger partial charge in [-0.2, -0.15) is 0 Å². The van der Waals surface area contributed by atoms with E-state index in [1.54, 1.807) is 0 Å². The molecular weight excluding hydrogens is 224 g/mol. The zero-order valence-electron chi connectivity index (χ0n) is 12.3. The van der Waals surface area contributed by atoms with Crippen molar-refractivity contribution in [3.05, 3.63) is 0 Å². The number of hydrogen-bond acceptors (Lipinski definition) is 3.